The molecule has 0 aromatic heterocycles. The van der Waals surface area contributed by atoms with Crippen molar-refractivity contribution in [2.75, 3.05) is 7.05 Å². The first-order valence-corrected chi connectivity index (χ1v) is 6.50. The molecule has 0 aliphatic heterocycles. The largest absolute Gasteiger partial charge is 0.243 e. The van der Waals surface area contributed by atoms with Crippen LogP contribution >= 0.6 is 0 Å². The molecule has 1 aromatic carbocycles. The summed E-state index contributed by atoms with van der Waals surface area (Å²) in [5.74, 6) is 0.494. The van der Waals surface area contributed by atoms with Crippen LogP contribution in [0.5, 0.6) is 0 Å². The molecule has 4 heteroatoms. The van der Waals surface area contributed by atoms with Crippen molar-refractivity contribution in [3.8, 4) is 0 Å². The molecule has 82 valence electrons. The average molecular weight is 225 g/mol. The quantitative estimate of drug-likeness (QED) is 0.785. The van der Waals surface area contributed by atoms with Crippen LogP contribution in [0.15, 0.2) is 35.2 Å². The molecule has 0 N–H and O–H groups in total. The third kappa shape index (κ3) is 1.92. The lowest BCUT2D eigenvalue weighted by molar-refractivity contribution is 0.450. The van der Waals surface area contributed by atoms with Crippen molar-refractivity contribution in [1.29, 1.82) is 0 Å². The van der Waals surface area contributed by atoms with Crippen LogP contribution in [0.2, 0.25) is 0 Å². The van der Waals surface area contributed by atoms with Crippen LogP contribution in [0.25, 0.3) is 0 Å². The Morgan fingerprint density at radius 2 is 1.80 bits per heavy atom. The molecule has 1 aliphatic carbocycles. The van der Waals surface area contributed by atoms with Crippen molar-refractivity contribution in [2.45, 2.75) is 24.3 Å². The Kier molecular flexibility index (Phi) is 2.56. The normalized spacial score (nSPS) is 25.5. The van der Waals surface area contributed by atoms with Gasteiger partial charge in [0, 0.05) is 13.1 Å². The van der Waals surface area contributed by atoms with Gasteiger partial charge in [-0.25, -0.2) is 8.42 Å². The second kappa shape index (κ2) is 3.61. The number of benzene rings is 1. The van der Waals surface area contributed by atoms with Gasteiger partial charge in [-0.15, -0.1) is 0 Å². The minimum absolute atomic E-state index is 0.190. The standard InChI is InChI=1S/C11H15NO2S/c1-9-8-11(9)12(2)15(13,14)10-6-4-3-5-7-10/h3-7,9,11H,8H2,1-2H3/t9-,11-/m1/s1. The van der Waals surface area contributed by atoms with Crippen LogP contribution < -0.4 is 0 Å². The molecule has 0 spiro atoms. The molecule has 1 aromatic rings. The second-order valence-corrected chi connectivity index (χ2v) is 6.11. The van der Waals surface area contributed by atoms with E-state index in [0.717, 1.165) is 6.42 Å². The molecule has 15 heavy (non-hydrogen) atoms. The zero-order chi connectivity index (χ0) is 11.1. The zero-order valence-electron chi connectivity index (χ0n) is 8.92. The molecule has 2 rings (SSSR count). The van der Waals surface area contributed by atoms with E-state index >= 15 is 0 Å². The third-order valence-corrected chi connectivity index (χ3v) is 4.85. The predicted molar refractivity (Wildman–Crippen MR) is 59.0 cm³/mol. The van der Waals surface area contributed by atoms with Crippen molar-refractivity contribution in [3.05, 3.63) is 30.3 Å². The highest BCUT2D eigenvalue weighted by atomic mass is 32.2. The fourth-order valence-electron chi connectivity index (χ4n) is 1.75. The highest BCUT2D eigenvalue weighted by molar-refractivity contribution is 7.89. The van der Waals surface area contributed by atoms with E-state index in [0.29, 0.717) is 10.8 Å². The molecular weight excluding hydrogens is 210 g/mol. The van der Waals surface area contributed by atoms with Crippen LogP contribution in [-0.4, -0.2) is 25.8 Å². The van der Waals surface area contributed by atoms with Crippen LogP contribution in [0, 0.1) is 5.92 Å². The van der Waals surface area contributed by atoms with Gasteiger partial charge in [0.05, 0.1) is 4.90 Å². The minimum atomic E-state index is -3.28. The van der Waals surface area contributed by atoms with Crippen molar-refractivity contribution in [3.63, 3.8) is 0 Å². The van der Waals surface area contributed by atoms with Gasteiger partial charge in [0.15, 0.2) is 0 Å². The highest BCUT2D eigenvalue weighted by Gasteiger charge is 2.41. The van der Waals surface area contributed by atoms with Gasteiger partial charge in [-0.2, -0.15) is 4.31 Å². The number of hydrogen-bond acceptors (Lipinski definition) is 2. The van der Waals surface area contributed by atoms with Crippen molar-refractivity contribution >= 4 is 10.0 Å². The minimum Gasteiger partial charge on any atom is -0.207 e. The molecule has 0 heterocycles. The molecule has 0 saturated heterocycles. The van der Waals surface area contributed by atoms with Crippen LogP contribution in [0.4, 0.5) is 0 Å². The Hall–Kier alpha value is -0.870. The number of sulfonamides is 1. The Morgan fingerprint density at radius 3 is 2.27 bits per heavy atom. The van der Waals surface area contributed by atoms with E-state index in [9.17, 15) is 8.42 Å². The van der Waals surface area contributed by atoms with E-state index in [1.807, 2.05) is 6.07 Å². The average Bonchev–Trinajstić information content (AvgIpc) is 2.95. The summed E-state index contributed by atoms with van der Waals surface area (Å²) in [5, 5.41) is 0. The molecule has 0 radical (unpaired) electrons. The SMILES string of the molecule is C[C@@H]1C[C@H]1N(C)S(=O)(=O)c1ccccc1. The summed E-state index contributed by atoms with van der Waals surface area (Å²) in [6, 6.07) is 8.78. The van der Waals surface area contributed by atoms with Gasteiger partial charge in [0.1, 0.15) is 0 Å². The number of nitrogens with zero attached hydrogens (tertiary/aromatic N) is 1. The lowest BCUT2D eigenvalue weighted by Gasteiger charge is -2.16. The van der Waals surface area contributed by atoms with E-state index in [4.69, 9.17) is 0 Å². The molecule has 2 atom stereocenters. The maximum absolute atomic E-state index is 12.1. The van der Waals surface area contributed by atoms with Crippen molar-refractivity contribution in [1.82, 2.24) is 4.31 Å². The second-order valence-electron chi connectivity index (χ2n) is 4.11. The fourth-order valence-corrected chi connectivity index (χ4v) is 3.23. The van der Waals surface area contributed by atoms with Gasteiger partial charge in [0.25, 0.3) is 0 Å². The van der Waals surface area contributed by atoms with E-state index in [1.165, 1.54) is 4.31 Å². The summed E-state index contributed by atoms with van der Waals surface area (Å²) in [5.41, 5.74) is 0. The molecule has 0 unspecified atom stereocenters. The Labute approximate surface area is 90.8 Å². The first-order chi connectivity index (χ1) is 7.03. The summed E-state index contributed by atoms with van der Waals surface area (Å²) < 4.78 is 25.7. The Morgan fingerprint density at radius 1 is 1.27 bits per heavy atom. The highest BCUT2D eigenvalue weighted by Crippen LogP contribution is 2.36. The summed E-state index contributed by atoms with van der Waals surface area (Å²) in [4.78, 5) is 0.381. The smallest absolute Gasteiger partial charge is 0.207 e. The Bertz CT molecular complexity index is 441. The summed E-state index contributed by atoms with van der Waals surface area (Å²) >= 11 is 0. The predicted octanol–water partition coefficient (Wildman–Crippen LogP) is 1.72. The maximum atomic E-state index is 12.1. The van der Waals surface area contributed by atoms with Crippen molar-refractivity contribution < 1.29 is 8.42 Å². The molecule has 0 bridgehead atoms. The molecule has 1 saturated carbocycles. The van der Waals surface area contributed by atoms with E-state index < -0.39 is 10.0 Å². The van der Waals surface area contributed by atoms with Gasteiger partial charge in [-0.1, -0.05) is 25.1 Å². The lowest BCUT2D eigenvalue weighted by Crippen LogP contribution is -2.29. The van der Waals surface area contributed by atoms with Crippen LogP contribution in [0.3, 0.4) is 0 Å². The third-order valence-electron chi connectivity index (χ3n) is 2.95. The lowest BCUT2D eigenvalue weighted by atomic mass is 10.4. The summed E-state index contributed by atoms with van der Waals surface area (Å²) in [6.45, 7) is 2.07. The molecule has 1 fully saturated rings. The maximum Gasteiger partial charge on any atom is 0.243 e. The monoisotopic (exact) mass is 225 g/mol. The van der Waals surface area contributed by atoms with Gasteiger partial charge in [-0.3, -0.25) is 0 Å². The van der Waals surface area contributed by atoms with Crippen LogP contribution in [-0.2, 0) is 10.0 Å². The molecular formula is C11H15NO2S. The topological polar surface area (TPSA) is 37.4 Å². The van der Waals surface area contributed by atoms with E-state index in [1.54, 1.807) is 31.3 Å². The van der Waals surface area contributed by atoms with Gasteiger partial charge < -0.3 is 0 Å². The van der Waals surface area contributed by atoms with Crippen LogP contribution in [0.1, 0.15) is 13.3 Å². The van der Waals surface area contributed by atoms with E-state index in [-0.39, 0.29) is 6.04 Å². The first-order valence-electron chi connectivity index (χ1n) is 5.06. The summed E-state index contributed by atoms with van der Waals surface area (Å²) in [7, 11) is -1.61. The summed E-state index contributed by atoms with van der Waals surface area (Å²) in [6.07, 6.45) is 0.975. The molecule has 0 amide bonds. The Balaban J connectivity index is 2.28. The molecule has 1 aliphatic rings. The number of hydrogen-bond donors (Lipinski definition) is 0. The first kappa shape index (κ1) is 10.6. The fraction of sp³-hybridized carbons (Fsp3) is 0.455. The van der Waals surface area contributed by atoms with Crippen molar-refractivity contribution in [2.24, 2.45) is 5.92 Å². The molecule has 3 nitrogen and oxygen atoms in total. The number of rotatable bonds is 3. The van der Waals surface area contributed by atoms with Gasteiger partial charge in [0.2, 0.25) is 10.0 Å². The zero-order valence-corrected chi connectivity index (χ0v) is 9.74. The van der Waals surface area contributed by atoms with Gasteiger partial charge in [-0.05, 0) is 24.5 Å². The van der Waals surface area contributed by atoms with E-state index in [2.05, 4.69) is 6.92 Å². The van der Waals surface area contributed by atoms with Gasteiger partial charge >= 0.3 is 0 Å².